The Balaban J connectivity index is 1.47. The number of hydrogen-bond acceptors (Lipinski definition) is 6. The van der Waals surface area contributed by atoms with Gasteiger partial charge in [0.25, 0.3) is 11.8 Å². The smallest absolute Gasteiger partial charge is 0.272 e. The predicted octanol–water partition coefficient (Wildman–Crippen LogP) is 4.89. The Morgan fingerprint density at radius 2 is 1.79 bits per heavy atom. The number of anilines is 2. The number of amides is 2. The van der Waals surface area contributed by atoms with Gasteiger partial charge in [0, 0.05) is 30.5 Å². The van der Waals surface area contributed by atoms with Crippen LogP contribution in [-0.4, -0.2) is 31.6 Å². The zero-order valence-electron chi connectivity index (χ0n) is 22.1. The van der Waals surface area contributed by atoms with E-state index in [2.05, 4.69) is 25.7 Å². The maximum absolute atomic E-state index is 14.7. The van der Waals surface area contributed by atoms with E-state index in [1.54, 1.807) is 48.5 Å². The number of halogens is 2. The number of hydrogen-bond donors (Lipinski definition) is 3. The summed E-state index contributed by atoms with van der Waals surface area (Å²) in [6.45, 7) is -2.30. The van der Waals surface area contributed by atoms with Crippen LogP contribution in [0.5, 0.6) is 0 Å². The van der Waals surface area contributed by atoms with E-state index in [4.69, 9.17) is 20.1 Å². The highest BCUT2D eigenvalue weighted by Crippen LogP contribution is 2.28. The molecule has 3 aromatic heterocycles. The molecule has 0 saturated heterocycles. The molecule has 2 amide bonds. The van der Waals surface area contributed by atoms with E-state index in [9.17, 15) is 14.0 Å². The first-order chi connectivity index (χ1) is 19.6. The Labute approximate surface area is 230 Å². The molecule has 0 unspecified atom stereocenters. The Morgan fingerprint density at radius 1 is 1.00 bits per heavy atom. The fourth-order valence-corrected chi connectivity index (χ4v) is 3.88. The maximum atomic E-state index is 14.7. The number of carbonyl (C=O) groups is 2. The molecule has 2 aromatic carbocycles. The van der Waals surface area contributed by atoms with Crippen molar-refractivity contribution in [3.8, 4) is 16.9 Å². The number of aromatic nitrogens is 4. The third-order valence-corrected chi connectivity index (χ3v) is 5.85. The third kappa shape index (κ3) is 5.76. The lowest BCUT2D eigenvalue weighted by atomic mass is 10.1. The van der Waals surface area contributed by atoms with Crippen molar-refractivity contribution in [2.24, 2.45) is 0 Å². The molecule has 5 aromatic rings. The highest BCUT2D eigenvalue weighted by molar-refractivity contribution is 6.34. The standard InChI is InChI=1S/C28H21ClFN7O2/c29-21-13-22(30)20(23-8-4-5-11-32-23)12-19(21)27(38)35-26-14-24(36-37(26)18-6-2-1-3-7-18)28(39)34-16-17-9-10-25(31)33-15-17/h1-15H,16H2,(H2,31,33)(H,34,39)(H,35,38)/i16D2. The molecule has 0 aliphatic carbocycles. The first-order valence-corrected chi connectivity index (χ1v) is 11.9. The monoisotopic (exact) mass is 543 g/mol. The molecular formula is C28H21ClFN7O2. The van der Waals surface area contributed by atoms with Crippen molar-refractivity contribution in [1.82, 2.24) is 25.1 Å². The zero-order valence-corrected chi connectivity index (χ0v) is 20.9. The summed E-state index contributed by atoms with van der Waals surface area (Å²) < 4.78 is 32.6. The number of pyridine rings is 2. The largest absolute Gasteiger partial charge is 0.384 e. The van der Waals surface area contributed by atoms with Crippen LogP contribution in [-0.2, 0) is 6.50 Å². The second kappa shape index (κ2) is 11.1. The molecule has 9 nitrogen and oxygen atoms in total. The summed E-state index contributed by atoms with van der Waals surface area (Å²) in [7, 11) is 0. The van der Waals surface area contributed by atoms with E-state index in [0.29, 0.717) is 11.4 Å². The fourth-order valence-electron chi connectivity index (χ4n) is 3.64. The number of nitrogens with two attached hydrogens (primary N) is 1. The van der Waals surface area contributed by atoms with Gasteiger partial charge in [-0.1, -0.05) is 41.9 Å². The minimum atomic E-state index is -2.30. The number of para-hydroxylation sites is 1. The molecule has 4 N–H and O–H groups in total. The van der Waals surface area contributed by atoms with E-state index in [1.165, 1.54) is 41.3 Å². The van der Waals surface area contributed by atoms with Gasteiger partial charge in [-0.3, -0.25) is 14.6 Å². The van der Waals surface area contributed by atoms with Crippen LogP contribution in [0, 0.1) is 5.82 Å². The Bertz CT molecular complexity index is 1730. The molecule has 0 aliphatic heterocycles. The van der Waals surface area contributed by atoms with Crippen LogP contribution in [0.15, 0.2) is 91.3 Å². The van der Waals surface area contributed by atoms with Gasteiger partial charge in [0.05, 0.1) is 24.7 Å². The predicted molar refractivity (Wildman–Crippen MR) is 146 cm³/mol. The second-order valence-electron chi connectivity index (χ2n) is 8.19. The van der Waals surface area contributed by atoms with Crippen LogP contribution in [0.4, 0.5) is 16.0 Å². The average Bonchev–Trinajstić information content (AvgIpc) is 3.38. The number of nitrogens with zero attached hydrogens (tertiary/aromatic N) is 4. The van der Waals surface area contributed by atoms with Gasteiger partial charge in [0.15, 0.2) is 5.69 Å². The Kier molecular flexibility index (Phi) is 6.57. The molecule has 3 heterocycles. The van der Waals surface area contributed by atoms with Crippen LogP contribution in [0.3, 0.4) is 0 Å². The lowest BCUT2D eigenvalue weighted by molar-refractivity contribution is 0.0944. The number of carbonyl (C=O) groups excluding carboxylic acids is 2. The highest BCUT2D eigenvalue weighted by atomic mass is 35.5. The maximum Gasteiger partial charge on any atom is 0.272 e. The minimum absolute atomic E-state index is 0.0345. The van der Waals surface area contributed by atoms with E-state index in [0.717, 1.165) is 6.07 Å². The molecule has 0 atom stereocenters. The molecule has 0 saturated carbocycles. The van der Waals surface area contributed by atoms with E-state index in [-0.39, 0.29) is 39.0 Å². The van der Waals surface area contributed by atoms with Crippen LogP contribution < -0.4 is 16.4 Å². The molecule has 11 heteroatoms. The van der Waals surface area contributed by atoms with Crippen molar-refractivity contribution >= 4 is 35.1 Å². The van der Waals surface area contributed by atoms with E-state index < -0.39 is 24.1 Å². The van der Waals surface area contributed by atoms with Crippen LogP contribution >= 0.6 is 11.6 Å². The van der Waals surface area contributed by atoms with Gasteiger partial charge in [0.1, 0.15) is 17.5 Å². The van der Waals surface area contributed by atoms with Crippen molar-refractivity contribution in [3.63, 3.8) is 0 Å². The number of rotatable bonds is 7. The number of nitrogens with one attached hydrogen (secondary N) is 2. The number of benzene rings is 2. The second-order valence-corrected chi connectivity index (χ2v) is 8.60. The lowest BCUT2D eigenvalue weighted by Gasteiger charge is -2.11. The summed E-state index contributed by atoms with van der Waals surface area (Å²) in [6.07, 6.45) is 2.72. The number of nitrogen functional groups attached to an aromatic ring is 1. The fraction of sp³-hybridized carbons (Fsp3) is 0.0357. The lowest BCUT2D eigenvalue weighted by Crippen LogP contribution is -2.23. The summed E-state index contributed by atoms with van der Waals surface area (Å²) in [5, 5.41) is 9.13. The zero-order chi connectivity index (χ0) is 29.1. The van der Waals surface area contributed by atoms with Crippen LogP contribution in [0.2, 0.25) is 5.02 Å². The van der Waals surface area contributed by atoms with Crippen molar-refractivity contribution < 1.29 is 16.7 Å². The van der Waals surface area contributed by atoms with E-state index in [1.807, 2.05) is 0 Å². The molecule has 194 valence electrons. The molecule has 0 aliphatic rings. The van der Waals surface area contributed by atoms with Gasteiger partial charge in [-0.05, 0) is 48.0 Å². The first kappa shape index (κ1) is 23.1. The SMILES string of the molecule is [2H]C([2H])(NC(=O)c1cc(NC(=O)c2cc(-c3ccccn3)c(F)cc2Cl)n(-c2ccccc2)n1)c1ccc(N)nc1. The van der Waals surface area contributed by atoms with Crippen LogP contribution in [0.1, 0.15) is 29.2 Å². The minimum Gasteiger partial charge on any atom is -0.384 e. The molecule has 0 radical (unpaired) electrons. The normalized spacial score (nSPS) is 11.8. The summed E-state index contributed by atoms with van der Waals surface area (Å²) in [5.41, 5.74) is 6.33. The summed E-state index contributed by atoms with van der Waals surface area (Å²) in [4.78, 5) is 34.5. The average molecular weight is 544 g/mol. The van der Waals surface area contributed by atoms with E-state index >= 15 is 0 Å². The van der Waals surface area contributed by atoms with Gasteiger partial charge < -0.3 is 16.4 Å². The molecule has 39 heavy (non-hydrogen) atoms. The van der Waals surface area contributed by atoms with Gasteiger partial charge in [0.2, 0.25) is 0 Å². The Morgan fingerprint density at radius 3 is 2.51 bits per heavy atom. The third-order valence-electron chi connectivity index (χ3n) is 5.53. The summed E-state index contributed by atoms with van der Waals surface area (Å²) in [5.74, 6) is -1.91. The van der Waals surface area contributed by atoms with Gasteiger partial charge in [-0.15, -0.1) is 0 Å². The van der Waals surface area contributed by atoms with Crippen molar-refractivity contribution in [1.29, 1.82) is 0 Å². The van der Waals surface area contributed by atoms with Crippen molar-refractivity contribution in [2.45, 2.75) is 6.50 Å². The molecule has 0 spiro atoms. The van der Waals surface area contributed by atoms with Crippen molar-refractivity contribution in [3.05, 3.63) is 119 Å². The quantitative estimate of drug-likeness (QED) is 0.268. The van der Waals surface area contributed by atoms with Gasteiger partial charge in [-0.25, -0.2) is 14.1 Å². The van der Waals surface area contributed by atoms with Crippen molar-refractivity contribution in [2.75, 3.05) is 11.1 Å². The van der Waals surface area contributed by atoms with Gasteiger partial charge >= 0.3 is 0 Å². The topological polar surface area (TPSA) is 128 Å². The molecular weight excluding hydrogens is 521 g/mol. The summed E-state index contributed by atoms with van der Waals surface area (Å²) in [6, 6.07) is 20.1. The molecule has 5 rings (SSSR count). The van der Waals surface area contributed by atoms with Gasteiger partial charge in [-0.2, -0.15) is 5.10 Å². The molecule has 0 fully saturated rings. The summed E-state index contributed by atoms with van der Waals surface area (Å²) >= 11 is 6.24. The Hall–Kier alpha value is -5.09. The molecule has 0 bridgehead atoms. The van der Waals surface area contributed by atoms with Crippen LogP contribution in [0.25, 0.3) is 16.9 Å². The first-order valence-electron chi connectivity index (χ1n) is 12.5. The highest BCUT2D eigenvalue weighted by Gasteiger charge is 2.21.